The SMILES string of the molecule is CC[C@@H](C(=O)NC)N(Cc1cccc(C)c1)C(=O)CN(c1ccc(F)cc1)S(=O)(=O)c1ccc(C)cc1. The lowest BCUT2D eigenvalue weighted by Crippen LogP contribution is -2.51. The van der Waals surface area contributed by atoms with Crippen LogP contribution in [-0.4, -0.2) is 44.8 Å². The van der Waals surface area contributed by atoms with Crippen LogP contribution in [0, 0.1) is 19.7 Å². The number of amides is 2. The van der Waals surface area contributed by atoms with E-state index in [1.54, 1.807) is 19.1 Å². The number of rotatable bonds is 10. The number of hydrogen-bond donors (Lipinski definition) is 1. The van der Waals surface area contributed by atoms with Crippen LogP contribution in [0.3, 0.4) is 0 Å². The van der Waals surface area contributed by atoms with E-state index in [1.165, 1.54) is 36.2 Å². The number of anilines is 1. The Bertz CT molecular complexity index is 1340. The standard InChI is InChI=1S/C28H32FN3O4S/c1-5-26(28(34)30-4)31(18-22-8-6-7-21(3)17-22)27(33)19-32(24-13-11-23(29)12-14-24)37(35,36)25-15-9-20(2)10-16-25/h6-17,26H,5,18-19H2,1-4H3,(H,30,34)/t26-/m0/s1. The molecule has 0 aliphatic carbocycles. The zero-order valence-corrected chi connectivity index (χ0v) is 22.3. The van der Waals surface area contributed by atoms with Crippen molar-refractivity contribution in [2.24, 2.45) is 0 Å². The first-order valence-electron chi connectivity index (χ1n) is 12.0. The van der Waals surface area contributed by atoms with Gasteiger partial charge in [-0.3, -0.25) is 13.9 Å². The molecule has 3 aromatic rings. The number of benzene rings is 3. The number of sulfonamides is 1. The number of halogens is 1. The molecule has 2 amide bonds. The van der Waals surface area contributed by atoms with Crippen molar-refractivity contribution in [3.8, 4) is 0 Å². The third kappa shape index (κ3) is 6.74. The lowest BCUT2D eigenvalue weighted by Gasteiger charge is -2.33. The monoisotopic (exact) mass is 525 g/mol. The fourth-order valence-corrected chi connectivity index (χ4v) is 5.48. The molecule has 196 valence electrons. The highest BCUT2D eigenvalue weighted by Gasteiger charge is 2.33. The van der Waals surface area contributed by atoms with Crippen molar-refractivity contribution >= 4 is 27.5 Å². The normalized spacial score (nSPS) is 12.0. The summed E-state index contributed by atoms with van der Waals surface area (Å²) >= 11 is 0. The van der Waals surface area contributed by atoms with E-state index >= 15 is 0 Å². The number of nitrogens with zero attached hydrogens (tertiary/aromatic N) is 2. The molecule has 0 saturated heterocycles. The second-order valence-corrected chi connectivity index (χ2v) is 10.7. The molecule has 3 rings (SSSR count). The number of aryl methyl sites for hydroxylation is 2. The number of carbonyl (C=O) groups excluding carboxylic acids is 2. The molecule has 0 aliphatic rings. The molecule has 3 aromatic carbocycles. The lowest BCUT2D eigenvalue weighted by molar-refractivity contribution is -0.140. The quantitative estimate of drug-likeness (QED) is 0.430. The summed E-state index contributed by atoms with van der Waals surface area (Å²) in [5.74, 6) is -1.44. The summed E-state index contributed by atoms with van der Waals surface area (Å²) in [7, 11) is -2.69. The van der Waals surface area contributed by atoms with Crippen LogP contribution >= 0.6 is 0 Å². The minimum Gasteiger partial charge on any atom is -0.357 e. The van der Waals surface area contributed by atoms with E-state index in [9.17, 15) is 22.4 Å². The third-order valence-electron chi connectivity index (χ3n) is 6.07. The van der Waals surface area contributed by atoms with E-state index in [4.69, 9.17) is 0 Å². The van der Waals surface area contributed by atoms with Gasteiger partial charge in [0.1, 0.15) is 18.4 Å². The van der Waals surface area contributed by atoms with Crippen molar-refractivity contribution in [2.75, 3.05) is 17.9 Å². The first kappa shape index (κ1) is 27.9. The molecule has 0 bridgehead atoms. The predicted molar refractivity (Wildman–Crippen MR) is 142 cm³/mol. The molecule has 37 heavy (non-hydrogen) atoms. The Morgan fingerprint density at radius 1 is 0.946 bits per heavy atom. The first-order chi connectivity index (χ1) is 17.6. The Morgan fingerprint density at radius 3 is 2.16 bits per heavy atom. The summed E-state index contributed by atoms with van der Waals surface area (Å²) in [4.78, 5) is 27.9. The van der Waals surface area contributed by atoms with E-state index in [0.29, 0.717) is 6.42 Å². The molecule has 1 N–H and O–H groups in total. The third-order valence-corrected chi connectivity index (χ3v) is 7.86. The van der Waals surface area contributed by atoms with Gasteiger partial charge in [-0.2, -0.15) is 0 Å². The van der Waals surface area contributed by atoms with Crippen LogP contribution in [0.4, 0.5) is 10.1 Å². The molecule has 0 saturated carbocycles. The van der Waals surface area contributed by atoms with Gasteiger partial charge in [0.05, 0.1) is 10.6 Å². The Balaban J connectivity index is 2.05. The van der Waals surface area contributed by atoms with E-state index in [0.717, 1.165) is 33.1 Å². The fraction of sp³-hybridized carbons (Fsp3) is 0.286. The van der Waals surface area contributed by atoms with Crippen molar-refractivity contribution < 1.29 is 22.4 Å². The maximum atomic E-state index is 13.8. The van der Waals surface area contributed by atoms with Gasteiger partial charge in [0.15, 0.2) is 0 Å². The molecule has 0 fully saturated rings. The van der Waals surface area contributed by atoms with Gasteiger partial charge in [-0.1, -0.05) is 54.4 Å². The summed E-state index contributed by atoms with van der Waals surface area (Å²) in [6, 6.07) is 17.9. The maximum Gasteiger partial charge on any atom is 0.264 e. The number of hydrogen-bond acceptors (Lipinski definition) is 4. The van der Waals surface area contributed by atoms with Gasteiger partial charge >= 0.3 is 0 Å². The molecule has 7 nitrogen and oxygen atoms in total. The van der Waals surface area contributed by atoms with Crippen LogP contribution in [0.2, 0.25) is 0 Å². The number of likely N-dealkylation sites (N-methyl/N-ethyl adjacent to an activating group) is 1. The summed E-state index contributed by atoms with van der Waals surface area (Å²) in [5, 5.41) is 2.59. The highest BCUT2D eigenvalue weighted by Crippen LogP contribution is 2.25. The Morgan fingerprint density at radius 2 is 1.59 bits per heavy atom. The fourth-order valence-electron chi connectivity index (χ4n) is 4.07. The first-order valence-corrected chi connectivity index (χ1v) is 13.4. The van der Waals surface area contributed by atoms with E-state index in [2.05, 4.69) is 5.32 Å². The molecule has 0 spiro atoms. The van der Waals surface area contributed by atoms with Crippen LogP contribution in [-0.2, 0) is 26.2 Å². The van der Waals surface area contributed by atoms with Crippen molar-refractivity contribution in [3.05, 3.63) is 95.3 Å². The minimum absolute atomic E-state index is 0.00111. The predicted octanol–water partition coefficient (Wildman–Crippen LogP) is 4.19. The van der Waals surface area contributed by atoms with Crippen LogP contribution in [0.1, 0.15) is 30.0 Å². The summed E-state index contributed by atoms with van der Waals surface area (Å²) in [6.07, 6.45) is 0.332. The minimum atomic E-state index is -4.19. The van der Waals surface area contributed by atoms with Gasteiger partial charge in [0.2, 0.25) is 11.8 Å². The Hall–Kier alpha value is -3.72. The Kier molecular flexibility index (Phi) is 9.04. The largest absolute Gasteiger partial charge is 0.357 e. The van der Waals surface area contributed by atoms with Gasteiger partial charge in [-0.25, -0.2) is 12.8 Å². The average Bonchev–Trinajstić information content (AvgIpc) is 2.87. The van der Waals surface area contributed by atoms with Gasteiger partial charge in [0.25, 0.3) is 10.0 Å². The van der Waals surface area contributed by atoms with E-state index < -0.39 is 34.3 Å². The highest BCUT2D eigenvalue weighted by molar-refractivity contribution is 7.92. The number of carbonyl (C=O) groups is 2. The van der Waals surface area contributed by atoms with Crippen molar-refractivity contribution in [2.45, 2.75) is 44.7 Å². The summed E-state index contributed by atoms with van der Waals surface area (Å²) in [5.41, 5.74) is 2.82. The zero-order chi connectivity index (χ0) is 27.2. The van der Waals surface area contributed by atoms with E-state index in [1.807, 2.05) is 38.1 Å². The van der Waals surface area contributed by atoms with Crippen LogP contribution < -0.4 is 9.62 Å². The van der Waals surface area contributed by atoms with Crippen molar-refractivity contribution in [1.82, 2.24) is 10.2 Å². The molecular weight excluding hydrogens is 493 g/mol. The topological polar surface area (TPSA) is 86.8 Å². The van der Waals surface area contributed by atoms with Crippen LogP contribution in [0.25, 0.3) is 0 Å². The van der Waals surface area contributed by atoms with Crippen molar-refractivity contribution in [3.63, 3.8) is 0 Å². The number of nitrogens with one attached hydrogen (secondary N) is 1. The molecule has 9 heteroatoms. The van der Waals surface area contributed by atoms with Crippen LogP contribution in [0.5, 0.6) is 0 Å². The van der Waals surface area contributed by atoms with E-state index in [-0.39, 0.29) is 23.0 Å². The molecule has 0 radical (unpaired) electrons. The summed E-state index contributed by atoms with van der Waals surface area (Å²) < 4.78 is 42.0. The van der Waals surface area contributed by atoms with Gasteiger partial charge < -0.3 is 10.2 Å². The van der Waals surface area contributed by atoms with Gasteiger partial charge in [-0.15, -0.1) is 0 Å². The second-order valence-electron chi connectivity index (χ2n) is 8.85. The van der Waals surface area contributed by atoms with Gasteiger partial charge in [-0.05, 0) is 62.2 Å². The van der Waals surface area contributed by atoms with Crippen molar-refractivity contribution in [1.29, 1.82) is 0 Å². The molecule has 1 atom stereocenters. The molecule has 0 aromatic heterocycles. The highest BCUT2D eigenvalue weighted by atomic mass is 32.2. The average molecular weight is 526 g/mol. The maximum absolute atomic E-state index is 13.8. The smallest absolute Gasteiger partial charge is 0.264 e. The lowest BCUT2D eigenvalue weighted by atomic mass is 10.1. The molecule has 0 aliphatic heterocycles. The molecular formula is C28H32FN3O4S. The summed E-state index contributed by atoms with van der Waals surface area (Å²) in [6.45, 7) is 5.10. The molecule has 0 heterocycles. The second kappa shape index (κ2) is 12.0. The Labute approximate surface area is 218 Å². The van der Waals surface area contributed by atoms with Gasteiger partial charge in [0, 0.05) is 13.6 Å². The zero-order valence-electron chi connectivity index (χ0n) is 21.4. The van der Waals surface area contributed by atoms with Crippen LogP contribution in [0.15, 0.2) is 77.7 Å². The molecule has 0 unspecified atom stereocenters.